The third-order valence-electron chi connectivity index (χ3n) is 2.89. The molecule has 1 aromatic rings. The van der Waals surface area contributed by atoms with Crippen LogP contribution < -0.4 is 5.32 Å². The molecule has 0 saturated heterocycles. The number of hydrogen-bond acceptors (Lipinski definition) is 3. The summed E-state index contributed by atoms with van der Waals surface area (Å²) in [5.74, 6) is -1.29. The number of carboxylic acid groups (broad SMARTS) is 1. The predicted octanol–water partition coefficient (Wildman–Crippen LogP) is 2.97. The van der Waals surface area contributed by atoms with E-state index in [9.17, 15) is 9.59 Å². The minimum Gasteiger partial charge on any atom is -0.481 e. The van der Waals surface area contributed by atoms with Crippen LogP contribution in [0.2, 0.25) is 0 Å². The van der Waals surface area contributed by atoms with E-state index >= 15 is 0 Å². The monoisotopic (exact) mass is 293 g/mol. The Labute approximate surface area is 125 Å². The van der Waals surface area contributed by atoms with Gasteiger partial charge in [0.1, 0.15) is 5.60 Å². The lowest BCUT2D eigenvalue weighted by Crippen LogP contribution is -2.32. The summed E-state index contributed by atoms with van der Waals surface area (Å²) >= 11 is 0. The van der Waals surface area contributed by atoms with Crippen molar-refractivity contribution in [2.24, 2.45) is 5.92 Å². The molecule has 1 aromatic carbocycles. The lowest BCUT2D eigenvalue weighted by molar-refractivity contribution is -0.141. The smallest absolute Gasteiger partial charge is 0.407 e. The maximum absolute atomic E-state index is 11.6. The van der Waals surface area contributed by atoms with Crippen LogP contribution in [-0.2, 0) is 22.5 Å². The van der Waals surface area contributed by atoms with Crippen LogP contribution in [0.1, 0.15) is 38.8 Å². The first-order valence-electron chi connectivity index (χ1n) is 6.95. The highest BCUT2D eigenvalue weighted by Gasteiger charge is 2.17. The van der Waals surface area contributed by atoms with Crippen molar-refractivity contribution >= 4 is 12.1 Å². The van der Waals surface area contributed by atoms with Crippen LogP contribution in [0.4, 0.5) is 4.79 Å². The fraction of sp³-hybridized carbons (Fsp3) is 0.500. The number of amides is 1. The van der Waals surface area contributed by atoms with Gasteiger partial charge in [-0.25, -0.2) is 4.79 Å². The van der Waals surface area contributed by atoms with Crippen LogP contribution in [0.25, 0.3) is 0 Å². The molecule has 0 saturated carbocycles. The van der Waals surface area contributed by atoms with Gasteiger partial charge in [-0.3, -0.25) is 4.79 Å². The van der Waals surface area contributed by atoms with Gasteiger partial charge in [0.05, 0.1) is 5.92 Å². The maximum atomic E-state index is 11.6. The minimum atomic E-state index is -0.829. The molecule has 0 aliphatic heterocycles. The number of aliphatic carboxylic acids is 1. The number of benzene rings is 1. The molecule has 1 atom stereocenters. The van der Waals surface area contributed by atoms with Crippen molar-refractivity contribution in [2.75, 3.05) is 0 Å². The average Bonchev–Trinajstić information content (AvgIpc) is 2.35. The maximum Gasteiger partial charge on any atom is 0.407 e. The fourth-order valence-electron chi connectivity index (χ4n) is 1.83. The number of carbonyl (C=O) groups excluding carboxylic acids is 1. The minimum absolute atomic E-state index is 0.317. The van der Waals surface area contributed by atoms with Crippen molar-refractivity contribution in [1.82, 2.24) is 5.32 Å². The molecule has 116 valence electrons. The van der Waals surface area contributed by atoms with E-state index in [4.69, 9.17) is 9.84 Å². The van der Waals surface area contributed by atoms with E-state index in [0.29, 0.717) is 13.0 Å². The van der Waals surface area contributed by atoms with Crippen molar-refractivity contribution < 1.29 is 19.4 Å². The summed E-state index contributed by atoms with van der Waals surface area (Å²) in [6.07, 6.45) is -0.0507. The van der Waals surface area contributed by atoms with Gasteiger partial charge >= 0.3 is 12.1 Å². The summed E-state index contributed by atoms with van der Waals surface area (Å²) in [7, 11) is 0. The standard InChI is InChI=1S/C16H23NO4/c1-11(14(18)19)9-12-7-5-6-8-13(12)10-17-15(20)21-16(2,3)4/h5-8,11H,9-10H2,1-4H3,(H,17,20)(H,18,19). The highest BCUT2D eigenvalue weighted by atomic mass is 16.6. The van der Waals surface area contributed by atoms with Gasteiger partial charge in [0, 0.05) is 6.54 Å². The van der Waals surface area contributed by atoms with Crippen molar-refractivity contribution in [1.29, 1.82) is 0 Å². The first kappa shape index (κ1) is 17.0. The fourth-order valence-corrected chi connectivity index (χ4v) is 1.83. The zero-order valence-corrected chi connectivity index (χ0v) is 13.0. The Kier molecular flexibility index (Phi) is 5.76. The second-order valence-corrected chi connectivity index (χ2v) is 6.07. The number of alkyl carbamates (subject to hydrolysis) is 1. The van der Waals surface area contributed by atoms with Gasteiger partial charge in [-0.2, -0.15) is 0 Å². The molecule has 0 aromatic heterocycles. The Morgan fingerprint density at radius 2 is 1.81 bits per heavy atom. The zero-order chi connectivity index (χ0) is 16.0. The number of rotatable bonds is 5. The van der Waals surface area contributed by atoms with Crippen LogP contribution in [0.15, 0.2) is 24.3 Å². The first-order chi connectivity index (χ1) is 9.69. The van der Waals surface area contributed by atoms with Crippen LogP contribution in [0.5, 0.6) is 0 Å². The normalized spacial score (nSPS) is 12.6. The van der Waals surface area contributed by atoms with Crippen LogP contribution in [0, 0.1) is 5.92 Å². The zero-order valence-electron chi connectivity index (χ0n) is 13.0. The molecule has 5 nitrogen and oxygen atoms in total. The Balaban J connectivity index is 2.67. The lowest BCUT2D eigenvalue weighted by Gasteiger charge is -2.20. The summed E-state index contributed by atoms with van der Waals surface area (Å²) in [5, 5.41) is 11.7. The van der Waals surface area contributed by atoms with Gasteiger partial charge in [0.2, 0.25) is 0 Å². The molecule has 0 spiro atoms. The topological polar surface area (TPSA) is 75.6 Å². The van der Waals surface area contributed by atoms with Gasteiger partial charge in [0.25, 0.3) is 0 Å². The molecule has 0 bridgehead atoms. The summed E-state index contributed by atoms with van der Waals surface area (Å²) < 4.78 is 5.17. The van der Waals surface area contributed by atoms with Crippen molar-refractivity contribution in [2.45, 2.75) is 46.3 Å². The van der Waals surface area contributed by atoms with Gasteiger partial charge in [-0.05, 0) is 38.3 Å². The Hall–Kier alpha value is -2.04. The van der Waals surface area contributed by atoms with E-state index in [1.54, 1.807) is 27.7 Å². The molecule has 1 unspecified atom stereocenters. The predicted molar refractivity (Wildman–Crippen MR) is 80.0 cm³/mol. The van der Waals surface area contributed by atoms with E-state index in [1.807, 2.05) is 24.3 Å². The SMILES string of the molecule is CC(Cc1ccccc1CNC(=O)OC(C)(C)C)C(=O)O. The van der Waals surface area contributed by atoms with Crippen molar-refractivity contribution in [3.8, 4) is 0 Å². The van der Waals surface area contributed by atoms with E-state index < -0.39 is 23.6 Å². The number of carboxylic acids is 1. The molecule has 0 aliphatic rings. The summed E-state index contributed by atoms with van der Waals surface area (Å²) in [6, 6.07) is 7.48. The van der Waals surface area contributed by atoms with Gasteiger partial charge in [0.15, 0.2) is 0 Å². The van der Waals surface area contributed by atoms with E-state index in [2.05, 4.69) is 5.32 Å². The van der Waals surface area contributed by atoms with Crippen LogP contribution >= 0.6 is 0 Å². The molecule has 0 fully saturated rings. The number of nitrogens with one attached hydrogen (secondary N) is 1. The summed E-state index contributed by atoms with van der Waals surface area (Å²) in [5.41, 5.74) is 1.28. The second-order valence-electron chi connectivity index (χ2n) is 6.07. The molecule has 21 heavy (non-hydrogen) atoms. The molecule has 0 aliphatic carbocycles. The molecule has 5 heteroatoms. The van der Waals surface area contributed by atoms with E-state index in [1.165, 1.54) is 0 Å². The third kappa shape index (κ3) is 6.29. The highest BCUT2D eigenvalue weighted by molar-refractivity contribution is 5.70. The first-order valence-corrected chi connectivity index (χ1v) is 6.95. The molecular formula is C16H23NO4. The van der Waals surface area contributed by atoms with Crippen molar-refractivity contribution in [3.63, 3.8) is 0 Å². The summed E-state index contributed by atoms with van der Waals surface area (Å²) in [6.45, 7) is 7.39. The Morgan fingerprint density at radius 1 is 1.24 bits per heavy atom. The molecule has 0 radical (unpaired) electrons. The molecule has 0 heterocycles. The molecule has 1 rings (SSSR count). The van der Waals surface area contributed by atoms with Gasteiger partial charge in [-0.15, -0.1) is 0 Å². The quantitative estimate of drug-likeness (QED) is 0.875. The second kappa shape index (κ2) is 7.11. The lowest BCUT2D eigenvalue weighted by atomic mass is 9.97. The van der Waals surface area contributed by atoms with Crippen LogP contribution in [0.3, 0.4) is 0 Å². The van der Waals surface area contributed by atoms with Crippen LogP contribution in [-0.4, -0.2) is 22.8 Å². The highest BCUT2D eigenvalue weighted by Crippen LogP contribution is 2.15. The van der Waals surface area contributed by atoms with Crippen molar-refractivity contribution in [3.05, 3.63) is 35.4 Å². The molecule has 1 amide bonds. The van der Waals surface area contributed by atoms with Gasteiger partial charge in [-0.1, -0.05) is 31.2 Å². The third-order valence-corrected chi connectivity index (χ3v) is 2.89. The average molecular weight is 293 g/mol. The largest absolute Gasteiger partial charge is 0.481 e. The van der Waals surface area contributed by atoms with E-state index in [0.717, 1.165) is 11.1 Å². The Bertz CT molecular complexity index is 505. The van der Waals surface area contributed by atoms with Gasteiger partial charge < -0.3 is 15.2 Å². The number of ether oxygens (including phenoxy) is 1. The molecule has 2 N–H and O–H groups in total. The number of hydrogen-bond donors (Lipinski definition) is 2. The van der Waals surface area contributed by atoms with E-state index in [-0.39, 0.29) is 0 Å². The summed E-state index contributed by atoms with van der Waals surface area (Å²) in [4.78, 5) is 22.6. The number of carbonyl (C=O) groups is 2. The molecular weight excluding hydrogens is 270 g/mol. The Morgan fingerprint density at radius 3 is 2.33 bits per heavy atom.